The van der Waals surface area contributed by atoms with Crippen LogP contribution in [-0.2, 0) is 11.2 Å². The minimum atomic E-state index is 0.181. The molecule has 0 aliphatic heterocycles. The van der Waals surface area contributed by atoms with Crippen LogP contribution < -0.4 is 0 Å². The van der Waals surface area contributed by atoms with E-state index in [2.05, 4.69) is 13.2 Å². The number of Topliss-reactive ketones (excluding diaryl/α,β-unsaturated/α-hetero) is 1. The number of hydrogen-bond acceptors (Lipinski definition) is 1. The van der Waals surface area contributed by atoms with Gasteiger partial charge in [0.15, 0.2) is 0 Å². The molecule has 72 valence electrons. The van der Waals surface area contributed by atoms with Gasteiger partial charge in [-0.3, -0.25) is 4.79 Å². The lowest BCUT2D eigenvalue weighted by Crippen LogP contribution is -1.95. The SMILES string of the molecule is C=CC(=C)c1ccc(CC(C)=O)cc1. The molecule has 0 aromatic heterocycles. The first-order valence-corrected chi connectivity index (χ1v) is 4.53. The van der Waals surface area contributed by atoms with Crippen molar-refractivity contribution in [3.05, 3.63) is 54.6 Å². The molecule has 0 saturated heterocycles. The van der Waals surface area contributed by atoms with Crippen molar-refractivity contribution in [2.75, 3.05) is 0 Å². The summed E-state index contributed by atoms with van der Waals surface area (Å²) in [5, 5.41) is 0. The number of carbonyl (C=O) groups is 1. The fraction of sp³-hybridized carbons (Fsp3) is 0.154. The fourth-order valence-electron chi connectivity index (χ4n) is 1.24. The van der Waals surface area contributed by atoms with Crippen LogP contribution in [0.1, 0.15) is 18.1 Å². The van der Waals surface area contributed by atoms with Crippen LogP contribution in [0.4, 0.5) is 0 Å². The zero-order valence-corrected chi connectivity index (χ0v) is 8.42. The van der Waals surface area contributed by atoms with Crippen LogP contribution in [0.25, 0.3) is 5.57 Å². The Bertz CT molecular complexity index is 357. The van der Waals surface area contributed by atoms with Crippen LogP contribution in [0, 0.1) is 0 Å². The predicted octanol–water partition coefficient (Wildman–Crippen LogP) is 3.02. The van der Waals surface area contributed by atoms with E-state index < -0.39 is 0 Å². The first-order chi connectivity index (χ1) is 6.63. The molecule has 0 N–H and O–H groups in total. The van der Waals surface area contributed by atoms with E-state index in [9.17, 15) is 4.79 Å². The van der Waals surface area contributed by atoms with Crippen LogP contribution in [0.15, 0.2) is 43.5 Å². The molecule has 0 radical (unpaired) electrons. The Morgan fingerprint density at radius 3 is 2.36 bits per heavy atom. The van der Waals surface area contributed by atoms with Crippen LogP contribution in [0.3, 0.4) is 0 Å². The molecule has 0 saturated carbocycles. The molecular weight excluding hydrogens is 172 g/mol. The molecule has 14 heavy (non-hydrogen) atoms. The first kappa shape index (κ1) is 10.5. The van der Waals surface area contributed by atoms with Gasteiger partial charge in [0.2, 0.25) is 0 Å². The fourth-order valence-corrected chi connectivity index (χ4v) is 1.24. The Morgan fingerprint density at radius 2 is 1.93 bits per heavy atom. The number of rotatable bonds is 4. The van der Waals surface area contributed by atoms with E-state index in [1.54, 1.807) is 13.0 Å². The van der Waals surface area contributed by atoms with Gasteiger partial charge in [-0.2, -0.15) is 0 Å². The monoisotopic (exact) mass is 186 g/mol. The van der Waals surface area contributed by atoms with Crippen LogP contribution in [0.2, 0.25) is 0 Å². The molecule has 0 atom stereocenters. The van der Waals surface area contributed by atoms with E-state index in [1.165, 1.54) is 0 Å². The van der Waals surface area contributed by atoms with Crippen LogP contribution >= 0.6 is 0 Å². The standard InChI is InChI=1S/C13H14O/c1-4-10(2)13-7-5-12(6-8-13)9-11(3)14/h4-8H,1-2,9H2,3H3. The summed E-state index contributed by atoms with van der Waals surface area (Å²) in [4.78, 5) is 10.9. The molecule has 0 heterocycles. The summed E-state index contributed by atoms with van der Waals surface area (Å²) >= 11 is 0. The summed E-state index contributed by atoms with van der Waals surface area (Å²) in [6, 6.07) is 7.82. The lowest BCUT2D eigenvalue weighted by molar-refractivity contribution is -0.116. The zero-order chi connectivity index (χ0) is 10.6. The van der Waals surface area contributed by atoms with Gasteiger partial charge in [0, 0.05) is 6.42 Å². The molecule has 1 aromatic rings. The quantitative estimate of drug-likeness (QED) is 0.660. The van der Waals surface area contributed by atoms with E-state index in [-0.39, 0.29) is 5.78 Å². The Hall–Kier alpha value is -1.63. The van der Waals surface area contributed by atoms with Crippen molar-refractivity contribution in [3.63, 3.8) is 0 Å². The molecule has 1 aromatic carbocycles. The second-order valence-corrected chi connectivity index (χ2v) is 3.31. The lowest BCUT2D eigenvalue weighted by Gasteiger charge is -2.02. The minimum Gasteiger partial charge on any atom is -0.300 e. The highest BCUT2D eigenvalue weighted by atomic mass is 16.1. The molecule has 1 nitrogen and oxygen atoms in total. The van der Waals surface area contributed by atoms with Gasteiger partial charge >= 0.3 is 0 Å². The maximum absolute atomic E-state index is 10.9. The van der Waals surface area contributed by atoms with Gasteiger partial charge in [0.25, 0.3) is 0 Å². The van der Waals surface area contributed by atoms with E-state index in [1.807, 2.05) is 24.3 Å². The van der Waals surface area contributed by atoms with Gasteiger partial charge < -0.3 is 0 Å². The first-order valence-electron chi connectivity index (χ1n) is 4.53. The van der Waals surface area contributed by atoms with Crippen molar-refractivity contribution in [2.24, 2.45) is 0 Å². The summed E-state index contributed by atoms with van der Waals surface area (Å²) in [5.41, 5.74) is 2.99. The van der Waals surface area contributed by atoms with Gasteiger partial charge in [0.05, 0.1) is 0 Å². The van der Waals surface area contributed by atoms with Crippen LogP contribution in [-0.4, -0.2) is 5.78 Å². The summed E-state index contributed by atoms with van der Waals surface area (Å²) in [6.45, 7) is 9.10. The summed E-state index contributed by atoms with van der Waals surface area (Å²) < 4.78 is 0. The van der Waals surface area contributed by atoms with Crippen molar-refractivity contribution in [3.8, 4) is 0 Å². The van der Waals surface area contributed by atoms with Crippen molar-refractivity contribution >= 4 is 11.4 Å². The minimum absolute atomic E-state index is 0.181. The molecule has 0 fully saturated rings. The van der Waals surface area contributed by atoms with Gasteiger partial charge in [-0.15, -0.1) is 0 Å². The van der Waals surface area contributed by atoms with Crippen molar-refractivity contribution in [1.29, 1.82) is 0 Å². The zero-order valence-electron chi connectivity index (χ0n) is 8.42. The number of hydrogen-bond donors (Lipinski definition) is 0. The Morgan fingerprint density at radius 1 is 1.36 bits per heavy atom. The van der Waals surface area contributed by atoms with Gasteiger partial charge in [0.1, 0.15) is 5.78 Å². The highest BCUT2D eigenvalue weighted by Gasteiger charge is 1.98. The highest BCUT2D eigenvalue weighted by Crippen LogP contribution is 2.14. The largest absolute Gasteiger partial charge is 0.300 e. The number of ketones is 1. The van der Waals surface area contributed by atoms with Crippen molar-refractivity contribution in [2.45, 2.75) is 13.3 Å². The van der Waals surface area contributed by atoms with E-state index in [4.69, 9.17) is 0 Å². The normalized spacial score (nSPS) is 9.50. The topological polar surface area (TPSA) is 17.1 Å². The average Bonchev–Trinajstić information content (AvgIpc) is 2.17. The number of allylic oxidation sites excluding steroid dienone is 2. The van der Waals surface area contributed by atoms with E-state index in [0.717, 1.165) is 16.7 Å². The molecular formula is C13H14O. The number of benzene rings is 1. The Labute approximate surface area is 84.8 Å². The second-order valence-electron chi connectivity index (χ2n) is 3.31. The van der Waals surface area contributed by atoms with Crippen LogP contribution in [0.5, 0.6) is 0 Å². The summed E-state index contributed by atoms with van der Waals surface area (Å²) in [6.07, 6.45) is 2.22. The summed E-state index contributed by atoms with van der Waals surface area (Å²) in [5.74, 6) is 0.181. The smallest absolute Gasteiger partial charge is 0.134 e. The third-order valence-electron chi connectivity index (χ3n) is 2.02. The van der Waals surface area contributed by atoms with Crippen molar-refractivity contribution in [1.82, 2.24) is 0 Å². The van der Waals surface area contributed by atoms with E-state index in [0.29, 0.717) is 6.42 Å². The highest BCUT2D eigenvalue weighted by molar-refractivity contribution is 5.78. The molecule has 0 amide bonds. The number of carbonyl (C=O) groups excluding carboxylic acids is 1. The third-order valence-corrected chi connectivity index (χ3v) is 2.02. The maximum Gasteiger partial charge on any atom is 0.134 e. The van der Waals surface area contributed by atoms with Crippen molar-refractivity contribution < 1.29 is 4.79 Å². The van der Waals surface area contributed by atoms with Gasteiger partial charge in [-0.1, -0.05) is 43.5 Å². The Balaban J connectivity index is 2.83. The molecule has 0 unspecified atom stereocenters. The average molecular weight is 186 g/mol. The molecule has 0 spiro atoms. The molecule has 0 aliphatic carbocycles. The van der Waals surface area contributed by atoms with Gasteiger partial charge in [-0.05, 0) is 23.6 Å². The predicted molar refractivity (Wildman–Crippen MR) is 60.1 cm³/mol. The lowest BCUT2D eigenvalue weighted by atomic mass is 10.0. The summed E-state index contributed by atoms with van der Waals surface area (Å²) in [7, 11) is 0. The Kier molecular flexibility index (Phi) is 3.41. The molecule has 1 rings (SSSR count). The second kappa shape index (κ2) is 4.56. The third kappa shape index (κ3) is 2.70. The molecule has 0 aliphatic rings. The van der Waals surface area contributed by atoms with Gasteiger partial charge in [-0.25, -0.2) is 0 Å². The maximum atomic E-state index is 10.9. The van der Waals surface area contributed by atoms with E-state index >= 15 is 0 Å². The molecule has 0 bridgehead atoms. The molecule has 1 heteroatoms.